The van der Waals surface area contributed by atoms with E-state index >= 15 is 0 Å². The first-order valence-electron chi connectivity index (χ1n) is 7.49. The zero-order valence-corrected chi connectivity index (χ0v) is 14.3. The topological polar surface area (TPSA) is 46.1 Å². The molecule has 1 aromatic heterocycles. The number of halogens is 3. The lowest BCUT2D eigenvalue weighted by Gasteiger charge is -2.18. The summed E-state index contributed by atoms with van der Waals surface area (Å²) in [4.78, 5) is 22.6. The van der Waals surface area contributed by atoms with Crippen LogP contribution in [0.1, 0.15) is 21.9 Å². The van der Waals surface area contributed by atoms with E-state index in [4.69, 9.17) is 11.6 Å². The number of carbonyl (C=O) groups is 1. The molecule has 0 saturated heterocycles. The largest absolute Gasteiger partial charge is 0.334 e. The summed E-state index contributed by atoms with van der Waals surface area (Å²) < 4.78 is 26.6. The summed E-state index contributed by atoms with van der Waals surface area (Å²) in [6, 6.07) is 9.14. The zero-order valence-electron chi connectivity index (χ0n) is 13.6. The highest BCUT2D eigenvalue weighted by atomic mass is 35.5. The molecule has 7 heteroatoms. The number of rotatable bonds is 3. The van der Waals surface area contributed by atoms with Gasteiger partial charge in [0.15, 0.2) is 11.6 Å². The van der Waals surface area contributed by atoms with E-state index in [0.29, 0.717) is 5.82 Å². The highest BCUT2D eigenvalue weighted by Crippen LogP contribution is 2.22. The maximum absolute atomic E-state index is 13.4. The number of carbonyl (C=O) groups excluding carboxylic acids is 1. The molecular formula is C18H14ClF2N3O. The predicted octanol–water partition coefficient (Wildman–Crippen LogP) is 4.14. The fourth-order valence-corrected chi connectivity index (χ4v) is 2.77. The standard InChI is InChI=1S/C18H14ClF2N3O/c1-10-11-5-3-4-6-16(11)23-17(22-10)9-24(2)18(25)12-7-14(20)15(21)8-13(12)19/h3-8H,9H2,1-2H3. The third-order valence-electron chi connectivity index (χ3n) is 3.81. The highest BCUT2D eigenvalue weighted by molar-refractivity contribution is 6.33. The van der Waals surface area contributed by atoms with E-state index in [0.717, 1.165) is 28.7 Å². The van der Waals surface area contributed by atoms with Gasteiger partial charge >= 0.3 is 0 Å². The summed E-state index contributed by atoms with van der Waals surface area (Å²) >= 11 is 5.86. The van der Waals surface area contributed by atoms with E-state index in [1.807, 2.05) is 31.2 Å². The molecule has 0 N–H and O–H groups in total. The fraction of sp³-hybridized carbons (Fsp3) is 0.167. The molecule has 3 rings (SSSR count). The Morgan fingerprint density at radius 2 is 1.84 bits per heavy atom. The number of para-hydroxylation sites is 1. The second kappa shape index (κ2) is 6.72. The Balaban J connectivity index is 1.88. The van der Waals surface area contributed by atoms with Crippen molar-refractivity contribution in [1.29, 1.82) is 0 Å². The van der Waals surface area contributed by atoms with Gasteiger partial charge in [0.25, 0.3) is 5.91 Å². The molecule has 25 heavy (non-hydrogen) atoms. The van der Waals surface area contributed by atoms with Crippen LogP contribution in [0.3, 0.4) is 0 Å². The lowest BCUT2D eigenvalue weighted by molar-refractivity contribution is 0.0781. The van der Waals surface area contributed by atoms with Crippen molar-refractivity contribution in [2.24, 2.45) is 0 Å². The van der Waals surface area contributed by atoms with Gasteiger partial charge in [0.05, 0.1) is 22.6 Å². The van der Waals surface area contributed by atoms with Crippen LogP contribution < -0.4 is 0 Å². The predicted molar refractivity (Wildman–Crippen MR) is 91.4 cm³/mol. The van der Waals surface area contributed by atoms with Crippen molar-refractivity contribution in [2.45, 2.75) is 13.5 Å². The van der Waals surface area contributed by atoms with Gasteiger partial charge in [-0.15, -0.1) is 0 Å². The van der Waals surface area contributed by atoms with Gasteiger partial charge in [0.2, 0.25) is 0 Å². The van der Waals surface area contributed by atoms with Crippen molar-refractivity contribution in [1.82, 2.24) is 14.9 Å². The van der Waals surface area contributed by atoms with Crippen molar-refractivity contribution in [3.63, 3.8) is 0 Å². The molecule has 1 heterocycles. The van der Waals surface area contributed by atoms with E-state index < -0.39 is 17.5 Å². The molecule has 128 valence electrons. The molecule has 4 nitrogen and oxygen atoms in total. The maximum atomic E-state index is 13.4. The van der Waals surface area contributed by atoms with Crippen LogP contribution >= 0.6 is 11.6 Å². The molecule has 0 aliphatic rings. The van der Waals surface area contributed by atoms with Gasteiger partial charge in [-0.3, -0.25) is 4.79 Å². The van der Waals surface area contributed by atoms with Gasteiger partial charge in [0, 0.05) is 18.1 Å². The summed E-state index contributed by atoms with van der Waals surface area (Å²) in [6.45, 7) is 1.97. The Labute approximate surface area is 148 Å². The summed E-state index contributed by atoms with van der Waals surface area (Å²) in [5.41, 5.74) is 1.46. The van der Waals surface area contributed by atoms with Crippen LogP contribution in [-0.4, -0.2) is 27.8 Å². The number of aromatic nitrogens is 2. The summed E-state index contributed by atoms with van der Waals surface area (Å²) in [7, 11) is 1.52. The molecule has 0 radical (unpaired) electrons. The van der Waals surface area contributed by atoms with E-state index in [-0.39, 0.29) is 17.1 Å². The summed E-state index contributed by atoms with van der Waals surface area (Å²) in [5.74, 6) is -2.32. The Bertz CT molecular complexity index is 978. The first kappa shape index (κ1) is 17.2. The third kappa shape index (κ3) is 3.44. The number of nitrogens with zero attached hydrogens (tertiary/aromatic N) is 3. The molecule has 0 bridgehead atoms. The number of hydrogen-bond donors (Lipinski definition) is 0. The smallest absolute Gasteiger partial charge is 0.255 e. The Morgan fingerprint density at radius 3 is 2.60 bits per heavy atom. The third-order valence-corrected chi connectivity index (χ3v) is 4.12. The molecule has 0 unspecified atom stereocenters. The SMILES string of the molecule is Cc1nc(CN(C)C(=O)c2cc(F)c(F)cc2Cl)nc2ccccc12. The second-order valence-corrected chi connectivity index (χ2v) is 6.06. The van der Waals surface area contributed by atoms with Crippen LogP contribution in [0.4, 0.5) is 8.78 Å². The quantitative estimate of drug-likeness (QED) is 0.658. The fourth-order valence-electron chi connectivity index (χ4n) is 2.54. The number of hydrogen-bond acceptors (Lipinski definition) is 3. The number of amides is 1. The van der Waals surface area contributed by atoms with Crippen molar-refractivity contribution in [3.8, 4) is 0 Å². The van der Waals surface area contributed by atoms with Crippen LogP contribution in [0, 0.1) is 18.6 Å². The van der Waals surface area contributed by atoms with Gasteiger partial charge in [-0.2, -0.15) is 0 Å². The van der Waals surface area contributed by atoms with Crippen LogP contribution in [0.5, 0.6) is 0 Å². The van der Waals surface area contributed by atoms with Gasteiger partial charge in [-0.1, -0.05) is 29.8 Å². The highest BCUT2D eigenvalue weighted by Gasteiger charge is 2.19. The number of aryl methyl sites for hydroxylation is 1. The average molecular weight is 362 g/mol. The first-order chi connectivity index (χ1) is 11.9. The van der Waals surface area contributed by atoms with Gasteiger partial charge in [0.1, 0.15) is 5.82 Å². The lowest BCUT2D eigenvalue weighted by Crippen LogP contribution is -2.27. The normalized spacial score (nSPS) is 10.9. The summed E-state index contributed by atoms with van der Waals surface area (Å²) in [6.07, 6.45) is 0. The van der Waals surface area contributed by atoms with Gasteiger partial charge in [-0.25, -0.2) is 18.7 Å². The van der Waals surface area contributed by atoms with Crippen molar-refractivity contribution in [2.75, 3.05) is 7.05 Å². The Morgan fingerprint density at radius 1 is 1.16 bits per heavy atom. The first-order valence-corrected chi connectivity index (χ1v) is 7.87. The van der Waals surface area contributed by atoms with Crippen molar-refractivity contribution < 1.29 is 13.6 Å². The van der Waals surface area contributed by atoms with Crippen LogP contribution in [0.25, 0.3) is 10.9 Å². The Kier molecular flexibility index (Phi) is 4.63. The van der Waals surface area contributed by atoms with Crippen LogP contribution in [0.2, 0.25) is 5.02 Å². The average Bonchev–Trinajstić information content (AvgIpc) is 2.57. The lowest BCUT2D eigenvalue weighted by atomic mass is 10.2. The molecular weight excluding hydrogens is 348 g/mol. The maximum Gasteiger partial charge on any atom is 0.255 e. The second-order valence-electron chi connectivity index (χ2n) is 5.65. The van der Waals surface area contributed by atoms with Crippen molar-refractivity contribution in [3.05, 3.63) is 70.1 Å². The molecule has 0 atom stereocenters. The molecule has 2 aromatic carbocycles. The van der Waals surface area contributed by atoms with E-state index in [2.05, 4.69) is 9.97 Å². The van der Waals surface area contributed by atoms with E-state index in [9.17, 15) is 13.6 Å². The number of benzene rings is 2. The zero-order chi connectivity index (χ0) is 18.1. The molecule has 3 aromatic rings. The summed E-state index contributed by atoms with van der Waals surface area (Å²) in [5, 5.41) is 0.787. The molecule has 0 fully saturated rings. The van der Waals surface area contributed by atoms with Gasteiger partial charge in [-0.05, 0) is 25.1 Å². The molecule has 1 amide bonds. The monoisotopic (exact) mass is 361 g/mol. The minimum absolute atomic E-state index is 0.111. The number of fused-ring (bicyclic) bond motifs is 1. The van der Waals surface area contributed by atoms with E-state index in [1.165, 1.54) is 11.9 Å². The van der Waals surface area contributed by atoms with Gasteiger partial charge < -0.3 is 4.90 Å². The van der Waals surface area contributed by atoms with E-state index in [1.54, 1.807) is 0 Å². The minimum Gasteiger partial charge on any atom is -0.334 e. The Hall–Kier alpha value is -2.60. The van der Waals surface area contributed by atoms with Crippen molar-refractivity contribution >= 4 is 28.4 Å². The minimum atomic E-state index is -1.13. The molecule has 0 aliphatic heterocycles. The molecule has 0 saturated carbocycles. The molecule has 0 aliphatic carbocycles. The van der Waals surface area contributed by atoms with Crippen LogP contribution in [0.15, 0.2) is 36.4 Å². The van der Waals surface area contributed by atoms with Crippen LogP contribution in [-0.2, 0) is 6.54 Å². The molecule has 0 spiro atoms.